The van der Waals surface area contributed by atoms with Crippen molar-refractivity contribution < 1.29 is 4.21 Å². The minimum atomic E-state index is -0.700. The second kappa shape index (κ2) is 4.09. The molecule has 0 radical (unpaired) electrons. The van der Waals surface area contributed by atoms with E-state index in [2.05, 4.69) is 5.32 Å². The lowest BCUT2D eigenvalue weighted by molar-refractivity contribution is 0.646. The molecule has 3 heteroatoms. The molecule has 0 aliphatic carbocycles. The van der Waals surface area contributed by atoms with E-state index in [1.807, 2.05) is 27.8 Å². The quantitative estimate of drug-likeness (QED) is 0.665. The number of hydrogen-bond donors (Lipinski definition) is 1. The molecule has 0 saturated carbocycles. The monoisotopic (exact) mass is 163 g/mol. The molecule has 0 bridgehead atoms. The van der Waals surface area contributed by atoms with Gasteiger partial charge in [-0.25, -0.2) is 0 Å². The first-order valence-corrected chi connectivity index (χ1v) is 4.83. The van der Waals surface area contributed by atoms with Gasteiger partial charge in [0.15, 0.2) is 0 Å². The second-order valence-corrected chi connectivity index (χ2v) is 5.59. The fourth-order valence-corrected chi connectivity index (χ4v) is 1.50. The Morgan fingerprint density at radius 1 is 1.40 bits per heavy atom. The fraction of sp³-hybridized carbons (Fsp3) is 1.00. The first-order valence-electron chi connectivity index (χ1n) is 3.51. The minimum absolute atomic E-state index is 0.0587. The van der Waals surface area contributed by atoms with Crippen LogP contribution in [0, 0.1) is 0 Å². The van der Waals surface area contributed by atoms with Crippen molar-refractivity contribution in [3.8, 4) is 0 Å². The lowest BCUT2D eigenvalue weighted by atomic mass is 10.3. The summed E-state index contributed by atoms with van der Waals surface area (Å²) >= 11 is 0. The molecular weight excluding hydrogens is 146 g/mol. The highest BCUT2D eigenvalue weighted by Gasteiger charge is 2.17. The average Bonchev–Trinajstić information content (AvgIpc) is 1.80. The van der Waals surface area contributed by atoms with E-state index in [1.165, 1.54) is 0 Å². The Balaban J connectivity index is 3.64. The predicted molar refractivity (Wildman–Crippen MR) is 46.7 cm³/mol. The molecule has 1 unspecified atom stereocenters. The van der Waals surface area contributed by atoms with Gasteiger partial charge in [0.25, 0.3) is 0 Å². The summed E-state index contributed by atoms with van der Waals surface area (Å²) in [7, 11) is 1.18. The summed E-state index contributed by atoms with van der Waals surface area (Å²) in [4.78, 5) is 0. The van der Waals surface area contributed by atoms with E-state index in [9.17, 15) is 4.21 Å². The van der Waals surface area contributed by atoms with E-state index >= 15 is 0 Å². The predicted octanol–water partition coefficient (Wildman–Crippen LogP) is 0.753. The van der Waals surface area contributed by atoms with Crippen molar-refractivity contribution in [1.29, 1.82) is 0 Å². The van der Waals surface area contributed by atoms with Gasteiger partial charge in [-0.05, 0) is 27.8 Å². The first kappa shape index (κ1) is 10.1. The Labute approximate surface area is 65.9 Å². The van der Waals surface area contributed by atoms with Gasteiger partial charge in [-0.1, -0.05) is 0 Å². The highest BCUT2D eigenvalue weighted by molar-refractivity contribution is 7.86. The van der Waals surface area contributed by atoms with Crippen molar-refractivity contribution in [2.75, 3.05) is 19.3 Å². The molecule has 1 atom stereocenters. The molecule has 0 aliphatic rings. The molecule has 0 spiro atoms. The van der Waals surface area contributed by atoms with Crippen LogP contribution >= 0.6 is 0 Å². The maximum Gasteiger partial charge on any atom is 0.0375 e. The van der Waals surface area contributed by atoms with Crippen LogP contribution in [-0.4, -0.2) is 28.3 Å². The van der Waals surface area contributed by atoms with Crippen molar-refractivity contribution in [3.05, 3.63) is 0 Å². The third-order valence-electron chi connectivity index (χ3n) is 1.22. The average molecular weight is 163 g/mol. The van der Waals surface area contributed by atoms with Crippen LogP contribution < -0.4 is 5.32 Å². The van der Waals surface area contributed by atoms with Crippen LogP contribution in [0.3, 0.4) is 0 Å². The Hall–Kier alpha value is 0.110. The topological polar surface area (TPSA) is 29.1 Å². The zero-order valence-corrected chi connectivity index (χ0v) is 8.05. The summed E-state index contributed by atoms with van der Waals surface area (Å²) in [6, 6.07) is 0. The normalized spacial score (nSPS) is 15.2. The van der Waals surface area contributed by atoms with Crippen molar-refractivity contribution in [1.82, 2.24) is 5.32 Å². The van der Waals surface area contributed by atoms with Gasteiger partial charge < -0.3 is 5.32 Å². The van der Waals surface area contributed by atoms with Crippen molar-refractivity contribution >= 4 is 10.8 Å². The van der Waals surface area contributed by atoms with Gasteiger partial charge in [-0.3, -0.25) is 4.21 Å². The maximum absolute atomic E-state index is 11.3. The molecule has 1 N–H and O–H groups in total. The van der Waals surface area contributed by atoms with Gasteiger partial charge in [0, 0.05) is 27.8 Å². The number of rotatable bonds is 3. The molecule has 0 fully saturated rings. The first-order chi connectivity index (χ1) is 4.48. The summed E-state index contributed by atoms with van der Waals surface area (Å²) in [5, 5.41) is 2.98. The molecule has 0 saturated heterocycles. The van der Waals surface area contributed by atoms with Crippen LogP contribution in [0.15, 0.2) is 0 Å². The molecule has 0 amide bonds. The number of nitrogens with one attached hydrogen (secondary N) is 1. The third kappa shape index (κ3) is 4.01. The maximum atomic E-state index is 11.3. The molecule has 0 aromatic carbocycles. The zero-order chi connectivity index (χ0) is 8.20. The van der Waals surface area contributed by atoms with E-state index < -0.39 is 10.8 Å². The molecule has 0 aromatic rings. The molecule has 2 nitrogen and oxygen atoms in total. The van der Waals surface area contributed by atoms with Crippen LogP contribution in [0.1, 0.15) is 20.8 Å². The molecule has 62 valence electrons. The van der Waals surface area contributed by atoms with Gasteiger partial charge in [0.1, 0.15) is 0 Å². The van der Waals surface area contributed by atoms with Gasteiger partial charge in [-0.2, -0.15) is 0 Å². The highest BCUT2D eigenvalue weighted by atomic mass is 32.2. The third-order valence-corrected chi connectivity index (χ3v) is 3.16. The Morgan fingerprint density at radius 2 is 1.90 bits per heavy atom. The van der Waals surface area contributed by atoms with Crippen LogP contribution in [0.2, 0.25) is 0 Å². The summed E-state index contributed by atoms with van der Waals surface area (Å²) in [5.41, 5.74) is 0. The smallest absolute Gasteiger partial charge is 0.0375 e. The van der Waals surface area contributed by atoms with Crippen LogP contribution in [0.25, 0.3) is 0 Å². The van der Waals surface area contributed by atoms with E-state index in [0.29, 0.717) is 0 Å². The van der Waals surface area contributed by atoms with Crippen molar-refractivity contribution in [2.24, 2.45) is 0 Å². The number of hydrogen-bond acceptors (Lipinski definition) is 2. The zero-order valence-electron chi connectivity index (χ0n) is 7.23. The Kier molecular flexibility index (Phi) is 4.13. The largest absolute Gasteiger partial charge is 0.319 e. The summed E-state index contributed by atoms with van der Waals surface area (Å²) in [5.74, 6) is 0.750. The molecule has 0 aromatic heterocycles. The van der Waals surface area contributed by atoms with E-state index in [0.717, 1.165) is 12.3 Å². The van der Waals surface area contributed by atoms with Crippen molar-refractivity contribution in [3.63, 3.8) is 0 Å². The van der Waals surface area contributed by atoms with E-state index in [4.69, 9.17) is 0 Å². The van der Waals surface area contributed by atoms with Gasteiger partial charge in [-0.15, -0.1) is 0 Å². The van der Waals surface area contributed by atoms with Gasteiger partial charge in [0.05, 0.1) is 0 Å². The summed E-state index contributed by atoms with van der Waals surface area (Å²) < 4.78 is 11.2. The minimum Gasteiger partial charge on any atom is -0.319 e. The SMILES string of the molecule is CNCCS(=O)C(C)(C)C. The van der Waals surface area contributed by atoms with Crippen LogP contribution in [0.5, 0.6) is 0 Å². The Bertz CT molecular complexity index is 117. The lowest BCUT2D eigenvalue weighted by Crippen LogP contribution is -2.28. The highest BCUT2D eigenvalue weighted by Crippen LogP contribution is 2.10. The fourth-order valence-electron chi connectivity index (χ4n) is 0.501. The van der Waals surface area contributed by atoms with Crippen molar-refractivity contribution in [2.45, 2.75) is 25.5 Å². The molecule has 0 heterocycles. The van der Waals surface area contributed by atoms with E-state index in [-0.39, 0.29) is 4.75 Å². The standard InChI is InChI=1S/C7H17NOS/c1-7(2,3)10(9)6-5-8-4/h8H,5-6H2,1-4H3. The van der Waals surface area contributed by atoms with Crippen LogP contribution in [-0.2, 0) is 10.8 Å². The molecule has 0 aliphatic heterocycles. The van der Waals surface area contributed by atoms with E-state index in [1.54, 1.807) is 0 Å². The van der Waals surface area contributed by atoms with Gasteiger partial charge >= 0.3 is 0 Å². The van der Waals surface area contributed by atoms with Gasteiger partial charge in [0.2, 0.25) is 0 Å². The Morgan fingerprint density at radius 3 is 2.20 bits per heavy atom. The molecule has 0 rings (SSSR count). The summed E-state index contributed by atoms with van der Waals surface area (Å²) in [6.07, 6.45) is 0. The summed E-state index contributed by atoms with van der Waals surface area (Å²) in [6.45, 7) is 6.83. The second-order valence-electron chi connectivity index (χ2n) is 3.27. The van der Waals surface area contributed by atoms with Crippen LogP contribution in [0.4, 0.5) is 0 Å². The molecular formula is C7H17NOS. The molecule has 10 heavy (non-hydrogen) atoms. The lowest BCUT2D eigenvalue weighted by Gasteiger charge is -2.16.